The molecule has 7 heteroatoms. The minimum atomic E-state index is -4.52. The highest BCUT2D eigenvalue weighted by Gasteiger charge is 2.37. The number of nitrogens with zero attached hydrogens (tertiary/aromatic N) is 1. The van der Waals surface area contributed by atoms with Gasteiger partial charge in [-0.1, -0.05) is 12.1 Å². The van der Waals surface area contributed by atoms with Crippen LogP contribution in [0.25, 0.3) is 0 Å². The van der Waals surface area contributed by atoms with Crippen LogP contribution < -0.4 is 5.73 Å². The average Bonchev–Trinajstić information content (AvgIpc) is 2.86. The van der Waals surface area contributed by atoms with E-state index in [2.05, 4.69) is 0 Å². The molecule has 1 aromatic carbocycles. The maximum atomic E-state index is 12.9. The van der Waals surface area contributed by atoms with Crippen LogP contribution in [-0.2, 0) is 6.18 Å². The van der Waals surface area contributed by atoms with Gasteiger partial charge in [-0.05, 0) is 31.4 Å². The Morgan fingerprint density at radius 3 is 2.52 bits per heavy atom. The molecule has 1 fully saturated rings. The van der Waals surface area contributed by atoms with Crippen LogP contribution in [0.15, 0.2) is 24.3 Å². The molecule has 0 bridgehead atoms. The first-order chi connectivity index (χ1) is 9.30. The summed E-state index contributed by atoms with van der Waals surface area (Å²) in [6.45, 7) is 2.72. The first-order valence-corrected chi connectivity index (χ1v) is 6.51. The van der Waals surface area contributed by atoms with Crippen LogP contribution in [0.4, 0.5) is 13.2 Å². The highest BCUT2D eigenvalue weighted by atomic mass is 35.5. The number of rotatable bonds is 2. The molecule has 1 heterocycles. The number of hydrogen-bond donors (Lipinski definition) is 1. The number of amides is 1. The number of carbonyl (C=O) groups is 1. The summed E-state index contributed by atoms with van der Waals surface area (Å²) in [6.07, 6.45) is -3.79. The first kappa shape index (κ1) is 17.8. The summed E-state index contributed by atoms with van der Waals surface area (Å²) in [5, 5.41) is 0. The first-order valence-electron chi connectivity index (χ1n) is 6.51. The minimum Gasteiger partial charge on any atom is -0.338 e. The molecule has 0 saturated carbocycles. The lowest BCUT2D eigenvalue weighted by atomic mass is 10.0. The quantitative estimate of drug-likeness (QED) is 0.910. The summed E-state index contributed by atoms with van der Waals surface area (Å²) < 4.78 is 38.7. The van der Waals surface area contributed by atoms with Gasteiger partial charge in [-0.3, -0.25) is 4.79 Å². The molecule has 3 nitrogen and oxygen atoms in total. The molecule has 2 rings (SSSR count). The summed E-state index contributed by atoms with van der Waals surface area (Å²) >= 11 is 0. The Morgan fingerprint density at radius 1 is 1.38 bits per heavy atom. The standard InChI is InChI=1S/C14H17F3N2O.ClH/c1-9(18)10-6-7-19(8-10)13(20)11-4-2-3-5-12(11)14(15,16)17;/h2-5,9-10H,6-8,18H2,1H3;1H. The Kier molecular flexibility index (Phi) is 5.64. The highest BCUT2D eigenvalue weighted by Crippen LogP contribution is 2.33. The number of carbonyl (C=O) groups excluding carboxylic acids is 1. The Bertz CT molecular complexity index is 505. The fraction of sp³-hybridized carbons (Fsp3) is 0.500. The fourth-order valence-corrected chi connectivity index (χ4v) is 2.49. The van der Waals surface area contributed by atoms with Crippen LogP contribution in [0.1, 0.15) is 29.3 Å². The lowest BCUT2D eigenvalue weighted by Crippen LogP contribution is -2.33. The second-order valence-electron chi connectivity index (χ2n) is 5.20. The van der Waals surface area contributed by atoms with Gasteiger partial charge in [0.1, 0.15) is 0 Å². The van der Waals surface area contributed by atoms with Gasteiger partial charge >= 0.3 is 6.18 Å². The molecule has 2 N–H and O–H groups in total. The summed E-state index contributed by atoms with van der Waals surface area (Å²) in [5.74, 6) is -0.418. The van der Waals surface area contributed by atoms with Crippen LogP contribution in [0, 0.1) is 5.92 Å². The van der Waals surface area contributed by atoms with Gasteiger partial charge in [-0.2, -0.15) is 13.2 Å². The molecule has 0 radical (unpaired) electrons. The fourth-order valence-electron chi connectivity index (χ4n) is 2.49. The van der Waals surface area contributed by atoms with E-state index >= 15 is 0 Å². The van der Waals surface area contributed by atoms with Gasteiger partial charge in [0.2, 0.25) is 0 Å². The van der Waals surface area contributed by atoms with E-state index in [0.717, 1.165) is 12.5 Å². The number of likely N-dealkylation sites (tertiary alicyclic amines) is 1. The van der Waals surface area contributed by atoms with Crippen LogP contribution in [0.3, 0.4) is 0 Å². The monoisotopic (exact) mass is 322 g/mol. The van der Waals surface area contributed by atoms with Crippen molar-refractivity contribution in [2.24, 2.45) is 11.7 Å². The van der Waals surface area contributed by atoms with E-state index in [1.807, 2.05) is 6.92 Å². The van der Waals surface area contributed by atoms with E-state index in [1.165, 1.54) is 23.1 Å². The largest absolute Gasteiger partial charge is 0.417 e. The number of hydrogen-bond acceptors (Lipinski definition) is 2. The van der Waals surface area contributed by atoms with Gasteiger partial charge in [0.05, 0.1) is 11.1 Å². The average molecular weight is 323 g/mol. The molecule has 0 spiro atoms. The van der Waals surface area contributed by atoms with Crippen molar-refractivity contribution in [3.05, 3.63) is 35.4 Å². The number of halogens is 4. The van der Waals surface area contributed by atoms with Gasteiger partial charge in [-0.15, -0.1) is 12.4 Å². The predicted octanol–water partition coefficient (Wildman–Crippen LogP) is 2.94. The number of benzene rings is 1. The predicted molar refractivity (Wildman–Crippen MR) is 76.4 cm³/mol. The van der Waals surface area contributed by atoms with Crippen LogP contribution >= 0.6 is 12.4 Å². The van der Waals surface area contributed by atoms with Gasteiger partial charge in [0.15, 0.2) is 0 Å². The molecule has 2 atom stereocenters. The normalized spacial score (nSPS) is 20.0. The summed E-state index contributed by atoms with van der Waals surface area (Å²) in [6, 6.07) is 4.83. The van der Waals surface area contributed by atoms with Crippen molar-refractivity contribution >= 4 is 18.3 Å². The van der Waals surface area contributed by atoms with Crippen LogP contribution in [-0.4, -0.2) is 29.9 Å². The van der Waals surface area contributed by atoms with Gasteiger partial charge in [0.25, 0.3) is 5.91 Å². The zero-order valence-electron chi connectivity index (χ0n) is 11.6. The van der Waals surface area contributed by atoms with Gasteiger partial charge in [0, 0.05) is 19.1 Å². The van der Waals surface area contributed by atoms with E-state index in [9.17, 15) is 18.0 Å². The highest BCUT2D eigenvalue weighted by molar-refractivity contribution is 5.96. The molecule has 1 aliphatic rings. The SMILES string of the molecule is CC(N)C1CCN(C(=O)c2ccccc2C(F)(F)F)C1.Cl. The second kappa shape index (κ2) is 6.66. The van der Waals surface area contributed by atoms with Crippen molar-refractivity contribution in [3.8, 4) is 0 Å². The molecule has 0 aliphatic carbocycles. The molecular weight excluding hydrogens is 305 g/mol. The Hall–Kier alpha value is -1.27. The molecular formula is C14H18ClF3N2O. The van der Waals surface area contributed by atoms with E-state index in [0.29, 0.717) is 13.1 Å². The number of nitrogens with two attached hydrogens (primary N) is 1. The van der Waals surface area contributed by atoms with Crippen molar-refractivity contribution in [1.29, 1.82) is 0 Å². The maximum absolute atomic E-state index is 12.9. The summed E-state index contributed by atoms with van der Waals surface area (Å²) in [4.78, 5) is 13.7. The molecule has 0 aromatic heterocycles. The van der Waals surface area contributed by atoms with Gasteiger partial charge in [-0.25, -0.2) is 0 Å². The van der Waals surface area contributed by atoms with Gasteiger partial charge < -0.3 is 10.6 Å². The molecule has 1 aromatic rings. The maximum Gasteiger partial charge on any atom is 0.417 e. The third kappa shape index (κ3) is 3.89. The molecule has 1 amide bonds. The zero-order valence-corrected chi connectivity index (χ0v) is 12.4. The van der Waals surface area contributed by atoms with Crippen LogP contribution in [0.5, 0.6) is 0 Å². The molecule has 118 valence electrons. The number of alkyl halides is 3. The summed E-state index contributed by atoms with van der Waals surface area (Å²) in [7, 11) is 0. The van der Waals surface area contributed by atoms with E-state index in [4.69, 9.17) is 5.73 Å². The van der Waals surface area contributed by atoms with Crippen molar-refractivity contribution in [1.82, 2.24) is 4.90 Å². The Labute approximate surface area is 127 Å². The molecule has 1 aliphatic heterocycles. The van der Waals surface area contributed by atoms with Crippen LogP contribution in [0.2, 0.25) is 0 Å². The molecule has 1 saturated heterocycles. The lowest BCUT2D eigenvalue weighted by Gasteiger charge is -2.20. The van der Waals surface area contributed by atoms with Crippen molar-refractivity contribution in [2.45, 2.75) is 25.6 Å². The third-order valence-electron chi connectivity index (χ3n) is 3.72. The summed E-state index contributed by atoms with van der Waals surface area (Å²) in [5.41, 5.74) is 4.61. The molecule has 2 unspecified atom stereocenters. The molecule has 21 heavy (non-hydrogen) atoms. The van der Waals surface area contributed by atoms with Crippen molar-refractivity contribution in [3.63, 3.8) is 0 Å². The van der Waals surface area contributed by atoms with Crippen molar-refractivity contribution in [2.75, 3.05) is 13.1 Å². The minimum absolute atomic E-state index is 0. The van der Waals surface area contributed by atoms with E-state index < -0.39 is 17.6 Å². The Balaban J connectivity index is 0.00000220. The van der Waals surface area contributed by atoms with E-state index in [-0.39, 0.29) is 29.9 Å². The smallest absolute Gasteiger partial charge is 0.338 e. The lowest BCUT2D eigenvalue weighted by molar-refractivity contribution is -0.138. The van der Waals surface area contributed by atoms with E-state index in [1.54, 1.807) is 0 Å². The topological polar surface area (TPSA) is 46.3 Å². The zero-order chi connectivity index (χ0) is 14.9. The van der Waals surface area contributed by atoms with Crippen molar-refractivity contribution < 1.29 is 18.0 Å². The second-order valence-corrected chi connectivity index (χ2v) is 5.20. The third-order valence-corrected chi connectivity index (χ3v) is 3.72. The Morgan fingerprint density at radius 2 is 2.00 bits per heavy atom.